The largest absolute Gasteiger partial charge is 0.437 e. The van der Waals surface area contributed by atoms with Gasteiger partial charge in [-0.2, -0.15) is 0 Å². The summed E-state index contributed by atoms with van der Waals surface area (Å²) < 4.78 is 5.60. The molecule has 0 N–H and O–H groups in total. The highest BCUT2D eigenvalue weighted by Crippen LogP contribution is 2.20. The van der Waals surface area contributed by atoms with Crippen molar-refractivity contribution in [3.63, 3.8) is 0 Å². The minimum atomic E-state index is -0.0250. The molecule has 0 atom stereocenters. The maximum Gasteiger partial charge on any atom is 0.246 e. The molecule has 1 aliphatic rings. The molecule has 1 aromatic heterocycles. The van der Waals surface area contributed by atoms with Gasteiger partial charge in [0.15, 0.2) is 5.58 Å². The van der Waals surface area contributed by atoms with E-state index in [-0.39, 0.29) is 5.91 Å². The fourth-order valence-electron chi connectivity index (χ4n) is 3.05. The van der Waals surface area contributed by atoms with Gasteiger partial charge in [-0.3, -0.25) is 4.79 Å². The van der Waals surface area contributed by atoms with Crippen LogP contribution in [0.25, 0.3) is 17.2 Å². The highest BCUT2D eigenvalue weighted by atomic mass is 35.5. The number of halogens is 1. The van der Waals surface area contributed by atoms with Gasteiger partial charge in [-0.15, -0.1) is 0 Å². The first-order valence-corrected chi connectivity index (χ1v) is 8.90. The summed E-state index contributed by atoms with van der Waals surface area (Å²) in [6.45, 7) is 2.95. The number of fused-ring (bicyclic) bond motifs is 1. The molecule has 132 valence electrons. The zero-order valence-corrected chi connectivity index (χ0v) is 14.9. The number of carbonyl (C=O) groups is 1. The van der Waals surface area contributed by atoms with E-state index in [4.69, 9.17) is 16.0 Å². The minimum absolute atomic E-state index is 0.0250. The van der Waals surface area contributed by atoms with Crippen LogP contribution in [0.5, 0.6) is 0 Å². The second-order valence-corrected chi connectivity index (χ2v) is 6.58. The van der Waals surface area contributed by atoms with E-state index in [2.05, 4.69) is 9.88 Å². The van der Waals surface area contributed by atoms with Gasteiger partial charge in [-0.05, 0) is 36.4 Å². The lowest BCUT2D eigenvalue weighted by Gasteiger charge is -2.35. The first-order chi connectivity index (χ1) is 12.7. The smallest absolute Gasteiger partial charge is 0.246 e. The molecule has 0 saturated carbocycles. The average Bonchev–Trinajstić information content (AvgIpc) is 3.10. The number of oxazole rings is 1. The SMILES string of the molecule is O=C(/C=C/c1nc2ccccc2o1)N1CCN(c2ccc(Cl)cc2)CC1. The van der Waals surface area contributed by atoms with Crippen molar-refractivity contribution >= 4 is 40.4 Å². The number of para-hydroxylation sites is 2. The second kappa shape index (κ2) is 7.22. The predicted octanol–water partition coefficient (Wildman–Crippen LogP) is 3.84. The molecule has 0 bridgehead atoms. The molecule has 5 nitrogen and oxygen atoms in total. The van der Waals surface area contributed by atoms with E-state index < -0.39 is 0 Å². The van der Waals surface area contributed by atoms with Crippen LogP contribution >= 0.6 is 11.6 Å². The molecule has 0 aliphatic carbocycles. The molecule has 0 radical (unpaired) electrons. The Hall–Kier alpha value is -2.79. The van der Waals surface area contributed by atoms with Crippen molar-refractivity contribution in [2.75, 3.05) is 31.1 Å². The fraction of sp³-hybridized carbons (Fsp3) is 0.200. The van der Waals surface area contributed by atoms with Gasteiger partial charge in [0.1, 0.15) is 5.52 Å². The molecule has 26 heavy (non-hydrogen) atoms. The molecule has 0 unspecified atom stereocenters. The van der Waals surface area contributed by atoms with Crippen LogP contribution in [0, 0.1) is 0 Å². The van der Waals surface area contributed by atoms with E-state index in [0.29, 0.717) is 19.0 Å². The molecular weight excluding hydrogens is 350 g/mol. The van der Waals surface area contributed by atoms with E-state index in [0.717, 1.165) is 34.9 Å². The summed E-state index contributed by atoms with van der Waals surface area (Å²) in [5.74, 6) is 0.419. The zero-order chi connectivity index (χ0) is 17.9. The number of rotatable bonds is 3. The number of hydrogen-bond acceptors (Lipinski definition) is 4. The molecule has 6 heteroatoms. The van der Waals surface area contributed by atoms with Crippen molar-refractivity contribution in [3.05, 3.63) is 65.5 Å². The average molecular weight is 368 g/mol. The van der Waals surface area contributed by atoms with E-state index in [1.165, 1.54) is 6.08 Å². The maximum atomic E-state index is 12.4. The van der Waals surface area contributed by atoms with Gasteiger partial charge in [0, 0.05) is 49.0 Å². The number of nitrogens with zero attached hydrogens (tertiary/aromatic N) is 3. The summed E-state index contributed by atoms with van der Waals surface area (Å²) in [4.78, 5) is 20.8. The number of benzene rings is 2. The van der Waals surface area contributed by atoms with Gasteiger partial charge in [0.2, 0.25) is 11.8 Å². The molecule has 2 aromatic carbocycles. The fourth-order valence-corrected chi connectivity index (χ4v) is 3.17. The molecule has 0 spiro atoms. The Morgan fingerprint density at radius 2 is 1.77 bits per heavy atom. The van der Waals surface area contributed by atoms with Crippen molar-refractivity contribution < 1.29 is 9.21 Å². The summed E-state index contributed by atoms with van der Waals surface area (Å²) in [6, 6.07) is 15.3. The molecule has 1 amide bonds. The molecule has 1 saturated heterocycles. The van der Waals surface area contributed by atoms with Gasteiger partial charge < -0.3 is 14.2 Å². The molecule has 1 fully saturated rings. The number of amides is 1. The molecule has 4 rings (SSSR count). The Balaban J connectivity index is 1.36. The summed E-state index contributed by atoms with van der Waals surface area (Å²) in [6.07, 6.45) is 3.16. The Morgan fingerprint density at radius 1 is 1.04 bits per heavy atom. The third-order valence-electron chi connectivity index (χ3n) is 4.46. The van der Waals surface area contributed by atoms with Crippen LogP contribution in [0.15, 0.2) is 59.0 Å². The highest BCUT2D eigenvalue weighted by molar-refractivity contribution is 6.30. The quantitative estimate of drug-likeness (QED) is 0.660. The van der Waals surface area contributed by atoms with Gasteiger partial charge in [0.05, 0.1) is 0 Å². The van der Waals surface area contributed by atoms with Crippen LogP contribution in [0.4, 0.5) is 5.69 Å². The summed E-state index contributed by atoms with van der Waals surface area (Å²) >= 11 is 5.93. The van der Waals surface area contributed by atoms with Crippen LogP contribution in [-0.2, 0) is 4.79 Å². The van der Waals surface area contributed by atoms with Gasteiger partial charge in [-0.25, -0.2) is 4.98 Å². The van der Waals surface area contributed by atoms with Crippen molar-refractivity contribution in [2.45, 2.75) is 0 Å². The molecular formula is C20H18ClN3O2. The number of hydrogen-bond donors (Lipinski definition) is 0. The Kier molecular flexibility index (Phi) is 4.63. The Morgan fingerprint density at radius 3 is 2.50 bits per heavy atom. The van der Waals surface area contributed by atoms with E-state index >= 15 is 0 Å². The van der Waals surface area contributed by atoms with Crippen molar-refractivity contribution in [1.29, 1.82) is 0 Å². The van der Waals surface area contributed by atoms with Crippen LogP contribution in [0.1, 0.15) is 5.89 Å². The van der Waals surface area contributed by atoms with Crippen LogP contribution in [0.3, 0.4) is 0 Å². The van der Waals surface area contributed by atoms with Crippen molar-refractivity contribution in [2.24, 2.45) is 0 Å². The normalized spacial score (nSPS) is 15.1. The topological polar surface area (TPSA) is 49.6 Å². The number of carbonyl (C=O) groups excluding carboxylic acids is 1. The standard InChI is InChI=1S/C20H18ClN3O2/c21-15-5-7-16(8-6-15)23-11-13-24(14-12-23)20(25)10-9-19-22-17-3-1-2-4-18(17)26-19/h1-10H,11-14H2/b10-9+. The minimum Gasteiger partial charge on any atom is -0.437 e. The Bertz CT molecular complexity index is 908. The number of anilines is 1. The third kappa shape index (κ3) is 3.58. The van der Waals surface area contributed by atoms with Crippen molar-refractivity contribution in [3.8, 4) is 0 Å². The molecule has 2 heterocycles. The van der Waals surface area contributed by atoms with Gasteiger partial charge in [-0.1, -0.05) is 23.7 Å². The third-order valence-corrected chi connectivity index (χ3v) is 4.71. The summed E-state index contributed by atoms with van der Waals surface area (Å²) in [5.41, 5.74) is 2.64. The number of aromatic nitrogens is 1. The summed E-state index contributed by atoms with van der Waals surface area (Å²) in [7, 11) is 0. The van der Waals surface area contributed by atoms with Crippen LogP contribution in [0.2, 0.25) is 5.02 Å². The van der Waals surface area contributed by atoms with Gasteiger partial charge >= 0.3 is 0 Å². The second-order valence-electron chi connectivity index (χ2n) is 6.14. The zero-order valence-electron chi connectivity index (χ0n) is 14.1. The van der Waals surface area contributed by atoms with E-state index in [1.54, 1.807) is 6.08 Å². The van der Waals surface area contributed by atoms with E-state index in [9.17, 15) is 4.79 Å². The first-order valence-electron chi connectivity index (χ1n) is 8.52. The van der Waals surface area contributed by atoms with Crippen LogP contribution in [-0.4, -0.2) is 42.0 Å². The van der Waals surface area contributed by atoms with Gasteiger partial charge in [0.25, 0.3) is 0 Å². The van der Waals surface area contributed by atoms with Crippen LogP contribution < -0.4 is 4.90 Å². The lowest BCUT2D eigenvalue weighted by Crippen LogP contribution is -2.48. The molecule has 1 aliphatic heterocycles. The monoisotopic (exact) mass is 367 g/mol. The maximum absolute atomic E-state index is 12.4. The lowest BCUT2D eigenvalue weighted by atomic mass is 10.2. The number of piperazine rings is 1. The molecule has 3 aromatic rings. The Labute approximate surface area is 156 Å². The van der Waals surface area contributed by atoms with Crippen molar-refractivity contribution in [1.82, 2.24) is 9.88 Å². The first kappa shape index (κ1) is 16.7. The summed E-state index contributed by atoms with van der Waals surface area (Å²) in [5, 5.41) is 0.729. The lowest BCUT2D eigenvalue weighted by molar-refractivity contribution is -0.126. The highest BCUT2D eigenvalue weighted by Gasteiger charge is 2.20. The van der Waals surface area contributed by atoms with E-state index in [1.807, 2.05) is 53.4 Å². The predicted molar refractivity (Wildman–Crippen MR) is 103 cm³/mol.